The lowest BCUT2D eigenvalue weighted by molar-refractivity contribution is 0.751. The van der Waals surface area contributed by atoms with Crippen molar-refractivity contribution in [3.63, 3.8) is 0 Å². The lowest BCUT2D eigenvalue weighted by Crippen LogP contribution is -2.23. The third-order valence-corrected chi connectivity index (χ3v) is 3.87. The third-order valence-electron chi connectivity index (χ3n) is 3.87. The molecule has 1 aromatic heterocycles. The summed E-state index contributed by atoms with van der Waals surface area (Å²) in [4.78, 5) is 7.01. The van der Waals surface area contributed by atoms with E-state index >= 15 is 0 Å². The van der Waals surface area contributed by atoms with Crippen LogP contribution in [0, 0.1) is 0 Å². The molecule has 0 bridgehead atoms. The number of nitrogens with one attached hydrogen (secondary N) is 1. The number of nitrogens with zero attached hydrogens (tertiary/aromatic N) is 2. The summed E-state index contributed by atoms with van der Waals surface area (Å²) < 4.78 is 0. The molecule has 3 rings (SSSR count). The summed E-state index contributed by atoms with van der Waals surface area (Å²) in [5.74, 6) is 1.08. The van der Waals surface area contributed by atoms with E-state index in [0.29, 0.717) is 0 Å². The van der Waals surface area contributed by atoms with E-state index < -0.39 is 0 Å². The van der Waals surface area contributed by atoms with Gasteiger partial charge in [0.05, 0.1) is 0 Å². The molecule has 1 aromatic carbocycles. The molecule has 0 saturated carbocycles. The molecule has 0 radical (unpaired) electrons. The van der Waals surface area contributed by atoms with E-state index in [2.05, 4.69) is 51.6 Å². The lowest BCUT2D eigenvalue weighted by atomic mass is 10.0. The Hall–Kier alpha value is -1.87. The standard InChI is InChI=1S/C17H21N3/c1-18-11-14-8-9-17(19-12-14)20-10-4-7-15-5-2-3-6-16(15)13-20/h2-3,5-6,8-9,12,18H,4,7,10-11,13H2,1H3. The minimum atomic E-state index is 0.871. The van der Waals surface area contributed by atoms with Crippen molar-refractivity contribution >= 4 is 5.82 Å². The molecule has 0 spiro atoms. The lowest BCUT2D eigenvalue weighted by Gasteiger charge is -2.22. The monoisotopic (exact) mass is 267 g/mol. The SMILES string of the molecule is CNCc1ccc(N2CCCc3ccccc3C2)nc1. The highest BCUT2D eigenvalue weighted by Gasteiger charge is 2.15. The van der Waals surface area contributed by atoms with Crippen LogP contribution < -0.4 is 10.2 Å². The Morgan fingerprint density at radius 3 is 2.75 bits per heavy atom. The van der Waals surface area contributed by atoms with Gasteiger partial charge in [0.15, 0.2) is 0 Å². The highest BCUT2D eigenvalue weighted by Crippen LogP contribution is 2.22. The first-order chi connectivity index (χ1) is 9.86. The zero-order chi connectivity index (χ0) is 13.8. The van der Waals surface area contributed by atoms with Crippen LogP contribution in [0.4, 0.5) is 5.82 Å². The number of anilines is 1. The zero-order valence-corrected chi connectivity index (χ0v) is 12.0. The van der Waals surface area contributed by atoms with Gasteiger partial charge in [-0.2, -0.15) is 0 Å². The Morgan fingerprint density at radius 2 is 2.00 bits per heavy atom. The van der Waals surface area contributed by atoms with Crippen molar-refractivity contribution in [2.75, 3.05) is 18.5 Å². The minimum Gasteiger partial charge on any atom is -0.352 e. The second-order valence-electron chi connectivity index (χ2n) is 5.35. The predicted molar refractivity (Wildman–Crippen MR) is 82.8 cm³/mol. The highest BCUT2D eigenvalue weighted by molar-refractivity contribution is 5.43. The van der Waals surface area contributed by atoms with E-state index in [4.69, 9.17) is 0 Å². The summed E-state index contributed by atoms with van der Waals surface area (Å²) in [6.45, 7) is 2.91. The van der Waals surface area contributed by atoms with Gasteiger partial charge in [-0.05, 0) is 42.6 Å². The Labute approximate surface area is 120 Å². The Morgan fingerprint density at radius 1 is 1.15 bits per heavy atom. The fourth-order valence-corrected chi connectivity index (χ4v) is 2.81. The van der Waals surface area contributed by atoms with E-state index in [1.54, 1.807) is 0 Å². The average molecular weight is 267 g/mol. The minimum absolute atomic E-state index is 0.871. The molecule has 0 aliphatic carbocycles. The van der Waals surface area contributed by atoms with Crippen molar-refractivity contribution in [3.05, 3.63) is 59.3 Å². The first-order valence-corrected chi connectivity index (χ1v) is 7.28. The fraction of sp³-hybridized carbons (Fsp3) is 0.353. The largest absolute Gasteiger partial charge is 0.352 e. The molecule has 0 fully saturated rings. The number of fused-ring (bicyclic) bond motifs is 1. The van der Waals surface area contributed by atoms with Crippen LogP contribution in [0.5, 0.6) is 0 Å². The second kappa shape index (κ2) is 6.06. The number of pyridine rings is 1. The summed E-state index contributed by atoms with van der Waals surface area (Å²) in [5, 5.41) is 3.15. The first kappa shape index (κ1) is 13.1. The molecular weight excluding hydrogens is 246 g/mol. The maximum absolute atomic E-state index is 4.62. The second-order valence-corrected chi connectivity index (χ2v) is 5.35. The third kappa shape index (κ3) is 2.83. The van der Waals surface area contributed by atoms with Crippen molar-refractivity contribution in [2.45, 2.75) is 25.9 Å². The van der Waals surface area contributed by atoms with Crippen LogP contribution in [0.1, 0.15) is 23.1 Å². The molecule has 2 aromatic rings. The van der Waals surface area contributed by atoms with Gasteiger partial charge < -0.3 is 10.2 Å². The van der Waals surface area contributed by atoms with E-state index in [-0.39, 0.29) is 0 Å². The molecule has 3 nitrogen and oxygen atoms in total. The Bertz CT molecular complexity index is 563. The number of aryl methyl sites for hydroxylation is 1. The fourth-order valence-electron chi connectivity index (χ4n) is 2.81. The van der Waals surface area contributed by atoms with Crippen LogP contribution in [0.2, 0.25) is 0 Å². The highest BCUT2D eigenvalue weighted by atomic mass is 15.2. The van der Waals surface area contributed by atoms with E-state index in [1.807, 2.05) is 13.2 Å². The zero-order valence-electron chi connectivity index (χ0n) is 12.0. The van der Waals surface area contributed by atoms with Crippen LogP contribution in [0.25, 0.3) is 0 Å². The van der Waals surface area contributed by atoms with Crippen molar-refractivity contribution in [2.24, 2.45) is 0 Å². The van der Waals surface area contributed by atoms with Crippen molar-refractivity contribution in [1.82, 2.24) is 10.3 Å². The van der Waals surface area contributed by atoms with Crippen molar-refractivity contribution in [1.29, 1.82) is 0 Å². The van der Waals surface area contributed by atoms with E-state index in [0.717, 1.165) is 25.5 Å². The van der Waals surface area contributed by atoms with Crippen LogP contribution in [-0.2, 0) is 19.5 Å². The Balaban J connectivity index is 1.80. The van der Waals surface area contributed by atoms with Gasteiger partial charge in [-0.1, -0.05) is 30.3 Å². The summed E-state index contributed by atoms with van der Waals surface area (Å²) in [5.41, 5.74) is 4.15. The summed E-state index contributed by atoms with van der Waals surface area (Å²) in [7, 11) is 1.96. The quantitative estimate of drug-likeness (QED) is 0.927. The summed E-state index contributed by atoms with van der Waals surface area (Å²) in [6.07, 6.45) is 4.34. The van der Waals surface area contributed by atoms with Crippen molar-refractivity contribution in [3.8, 4) is 0 Å². The van der Waals surface area contributed by atoms with Gasteiger partial charge in [-0.25, -0.2) is 4.98 Å². The Kier molecular flexibility index (Phi) is 3.97. The molecule has 0 saturated heterocycles. The van der Waals surface area contributed by atoms with Gasteiger partial charge >= 0.3 is 0 Å². The molecule has 1 aliphatic rings. The predicted octanol–water partition coefficient (Wildman–Crippen LogP) is 2.75. The molecule has 3 heteroatoms. The topological polar surface area (TPSA) is 28.2 Å². The van der Waals surface area contributed by atoms with E-state index in [9.17, 15) is 0 Å². The molecule has 2 heterocycles. The molecule has 1 aliphatic heterocycles. The van der Waals surface area contributed by atoms with Gasteiger partial charge in [-0.15, -0.1) is 0 Å². The number of hydrogen-bond acceptors (Lipinski definition) is 3. The molecule has 1 N–H and O–H groups in total. The molecule has 20 heavy (non-hydrogen) atoms. The molecule has 0 amide bonds. The maximum Gasteiger partial charge on any atom is 0.128 e. The van der Waals surface area contributed by atoms with Crippen LogP contribution in [0.15, 0.2) is 42.6 Å². The number of rotatable bonds is 3. The smallest absolute Gasteiger partial charge is 0.128 e. The number of benzene rings is 1. The number of hydrogen-bond donors (Lipinski definition) is 1. The normalized spacial score (nSPS) is 14.8. The summed E-state index contributed by atoms with van der Waals surface area (Å²) in [6, 6.07) is 13.1. The molecule has 104 valence electrons. The molecule has 0 unspecified atom stereocenters. The molecule has 0 atom stereocenters. The summed E-state index contributed by atoms with van der Waals surface area (Å²) >= 11 is 0. The van der Waals surface area contributed by atoms with Crippen molar-refractivity contribution < 1.29 is 0 Å². The molecular formula is C17H21N3. The maximum atomic E-state index is 4.62. The number of aromatic nitrogens is 1. The van der Waals surface area contributed by atoms with Gasteiger partial charge in [0.25, 0.3) is 0 Å². The van der Waals surface area contributed by atoms with Gasteiger partial charge in [0.2, 0.25) is 0 Å². The average Bonchev–Trinajstić information content (AvgIpc) is 2.70. The van der Waals surface area contributed by atoms with Crippen LogP contribution >= 0.6 is 0 Å². The van der Waals surface area contributed by atoms with Gasteiger partial charge in [-0.3, -0.25) is 0 Å². The van der Waals surface area contributed by atoms with E-state index in [1.165, 1.54) is 29.5 Å². The van der Waals surface area contributed by atoms with Crippen LogP contribution in [0.3, 0.4) is 0 Å². The van der Waals surface area contributed by atoms with Gasteiger partial charge in [0, 0.05) is 25.8 Å². The van der Waals surface area contributed by atoms with Crippen LogP contribution in [-0.4, -0.2) is 18.6 Å². The first-order valence-electron chi connectivity index (χ1n) is 7.28. The van der Waals surface area contributed by atoms with Gasteiger partial charge in [0.1, 0.15) is 5.82 Å².